The van der Waals surface area contributed by atoms with Crippen molar-refractivity contribution >= 4 is 5.96 Å². The van der Waals surface area contributed by atoms with E-state index in [0.29, 0.717) is 11.3 Å². The van der Waals surface area contributed by atoms with Crippen LogP contribution < -0.4 is 10.6 Å². The van der Waals surface area contributed by atoms with Gasteiger partial charge in [0.2, 0.25) is 0 Å². The lowest BCUT2D eigenvalue weighted by molar-refractivity contribution is 0.0778. The van der Waals surface area contributed by atoms with Crippen LogP contribution >= 0.6 is 0 Å². The minimum Gasteiger partial charge on any atom is -0.396 e. The second kappa shape index (κ2) is 11.7. The van der Waals surface area contributed by atoms with Crippen molar-refractivity contribution in [3.8, 4) is 0 Å². The first kappa shape index (κ1) is 20.2. The van der Waals surface area contributed by atoms with E-state index < -0.39 is 0 Å². The summed E-state index contributed by atoms with van der Waals surface area (Å²) in [4.78, 5) is 4.83. The van der Waals surface area contributed by atoms with Gasteiger partial charge in [0.05, 0.1) is 0 Å². The Morgan fingerprint density at radius 2 is 2.04 bits per heavy atom. The fourth-order valence-corrected chi connectivity index (χ4v) is 3.25. The molecule has 1 aliphatic carbocycles. The second-order valence-electron chi connectivity index (χ2n) is 6.84. The summed E-state index contributed by atoms with van der Waals surface area (Å²) in [5, 5.41) is 16.0. The predicted molar refractivity (Wildman–Crippen MR) is 96.9 cm³/mol. The molecule has 3 N–H and O–H groups in total. The molecule has 0 aromatic rings. The van der Waals surface area contributed by atoms with Crippen LogP contribution in [0.25, 0.3) is 0 Å². The van der Waals surface area contributed by atoms with E-state index in [0.717, 1.165) is 57.9 Å². The predicted octanol–water partition coefficient (Wildman–Crippen LogP) is 2.55. The first-order valence-electron chi connectivity index (χ1n) is 9.31. The van der Waals surface area contributed by atoms with Gasteiger partial charge in [0.25, 0.3) is 0 Å². The summed E-state index contributed by atoms with van der Waals surface area (Å²) in [6, 6.07) is 0. The van der Waals surface area contributed by atoms with Crippen molar-refractivity contribution in [1.82, 2.24) is 10.6 Å². The van der Waals surface area contributed by atoms with Crippen LogP contribution in [0.15, 0.2) is 4.99 Å². The number of nitrogens with one attached hydrogen (secondary N) is 2. The monoisotopic (exact) mass is 327 g/mol. The minimum atomic E-state index is 0.264. The van der Waals surface area contributed by atoms with Crippen molar-refractivity contribution in [3.05, 3.63) is 0 Å². The Balaban J connectivity index is 2.51. The van der Waals surface area contributed by atoms with E-state index in [1.54, 1.807) is 7.11 Å². The zero-order valence-corrected chi connectivity index (χ0v) is 15.4. The lowest BCUT2D eigenvalue weighted by Gasteiger charge is -2.40. The highest BCUT2D eigenvalue weighted by atomic mass is 16.5. The number of aliphatic hydroxyl groups excluding tert-OH is 1. The molecule has 1 unspecified atom stereocenters. The number of methoxy groups -OCH3 is 1. The molecule has 0 amide bonds. The number of guanidine groups is 1. The average molecular weight is 328 g/mol. The molecular weight excluding hydrogens is 290 g/mol. The van der Waals surface area contributed by atoms with Gasteiger partial charge in [-0.3, -0.25) is 4.99 Å². The minimum absolute atomic E-state index is 0.264. The summed E-state index contributed by atoms with van der Waals surface area (Å²) >= 11 is 0. The fourth-order valence-electron chi connectivity index (χ4n) is 3.25. The molecular formula is C18H37N3O2. The molecule has 0 radical (unpaired) electrons. The smallest absolute Gasteiger partial charge is 0.191 e. The maximum Gasteiger partial charge on any atom is 0.191 e. The summed E-state index contributed by atoms with van der Waals surface area (Å²) in [6.07, 6.45) is 8.11. The molecule has 0 aliphatic heterocycles. The van der Waals surface area contributed by atoms with Gasteiger partial charge >= 0.3 is 0 Å². The Bertz CT molecular complexity index is 324. The van der Waals surface area contributed by atoms with Gasteiger partial charge in [-0.2, -0.15) is 0 Å². The number of hydrogen-bond donors (Lipinski definition) is 3. The third-order valence-electron chi connectivity index (χ3n) is 4.96. The largest absolute Gasteiger partial charge is 0.396 e. The van der Waals surface area contributed by atoms with Crippen molar-refractivity contribution in [2.45, 2.75) is 58.8 Å². The maximum atomic E-state index is 9.18. The Morgan fingerprint density at radius 3 is 2.57 bits per heavy atom. The van der Waals surface area contributed by atoms with Crippen LogP contribution in [0, 0.1) is 11.3 Å². The number of ether oxygens (including phenoxy) is 1. The molecule has 1 rings (SSSR count). The quantitative estimate of drug-likeness (QED) is 0.381. The molecule has 0 heterocycles. The molecule has 23 heavy (non-hydrogen) atoms. The van der Waals surface area contributed by atoms with Gasteiger partial charge < -0.3 is 20.5 Å². The van der Waals surface area contributed by atoms with Crippen LogP contribution in [0.2, 0.25) is 0 Å². The molecule has 1 aliphatic rings. The highest BCUT2D eigenvalue weighted by molar-refractivity contribution is 5.79. The molecule has 0 saturated heterocycles. The molecule has 1 fully saturated rings. The van der Waals surface area contributed by atoms with E-state index in [1.165, 1.54) is 19.3 Å². The number of aliphatic imine (C=N–C) groups is 1. The van der Waals surface area contributed by atoms with Crippen molar-refractivity contribution < 1.29 is 9.84 Å². The van der Waals surface area contributed by atoms with E-state index >= 15 is 0 Å². The molecule has 0 aromatic carbocycles. The van der Waals surface area contributed by atoms with Crippen molar-refractivity contribution in [3.63, 3.8) is 0 Å². The zero-order chi connectivity index (χ0) is 17.0. The Morgan fingerprint density at radius 1 is 1.26 bits per heavy atom. The molecule has 5 nitrogen and oxygen atoms in total. The SMILES string of the molecule is CCCC(CCO)CNC(=NCC1(CCOC)CCC1)NCC. The Labute approximate surface area is 142 Å². The van der Waals surface area contributed by atoms with Crippen LogP contribution in [-0.4, -0.2) is 51.0 Å². The van der Waals surface area contributed by atoms with Gasteiger partial charge in [0, 0.05) is 40.0 Å². The van der Waals surface area contributed by atoms with Crippen molar-refractivity contribution in [1.29, 1.82) is 0 Å². The Hall–Kier alpha value is -0.810. The number of hydrogen-bond acceptors (Lipinski definition) is 3. The number of aliphatic hydroxyl groups is 1. The molecule has 0 spiro atoms. The van der Waals surface area contributed by atoms with E-state index in [9.17, 15) is 5.11 Å². The molecule has 1 atom stereocenters. The number of rotatable bonds is 12. The summed E-state index contributed by atoms with van der Waals surface area (Å²) in [5.74, 6) is 1.43. The number of nitrogens with zero attached hydrogens (tertiary/aromatic N) is 1. The maximum absolute atomic E-state index is 9.18. The summed E-state index contributed by atoms with van der Waals surface area (Å²) in [5.41, 5.74) is 0.353. The summed E-state index contributed by atoms with van der Waals surface area (Å²) in [7, 11) is 1.77. The zero-order valence-electron chi connectivity index (χ0n) is 15.4. The highest BCUT2D eigenvalue weighted by Gasteiger charge is 2.36. The normalized spacial score (nSPS) is 18.3. The van der Waals surface area contributed by atoms with E-state index in [-0.39, 0.29) is 6.61 Å². The lowest BCUT2D eigenvalue weighted by atomic mass is 9.67. The van der Waals surface area contributed by atoms with Crippen LogP contribution in [0.1, 0.15) is 58.8 Å². The third kappa shape index (κ3) is 7.53. The first-order chi connectivity index (χ1) is 11.2. The lowest BCUT2D eigenvalue weighted by Crippen LogP contribution is -2.42. The first-order valence-corrected chi connectivity index (χ1v) is 9.31. The van der Waals surface area contributed by atoms with Crippen LogP contribution in [0.3, 0.4) is 0 Å². The fraction of sp³-hybridized carbons (Fsp3) is 0.944. The molecule has 0 bridgehead atoms. The standard InChI is InChI=1S/C18H37N3O2/c1-4-7-16(8-12-22)14-20-17(19-5-2)21-15-18(9-6-10-18)11-13-23-3/h16,22H,4-15H2,1-3H3,(H2,19,20,21). The molecule has 136 valence electrons. The van der Waals surface area contributed by atoms with Crippen molar-refractivity contribution in [2.75, 3.05) is 40.0 Å². The van der Waals surface area contributed by atoms with Gasteiger partial charge in [-0.1, -0.05) is 19.8 Å². The topological polar surface area (TPSA) is 65.9 Å². The third-order valence-corrected chi connectivity index (χ3v) is 4.96. The van der Waals surface area contributed by atoms with E-state index in [2.05, 4.69) is 24.5 Å². The van der Waals surface area contributed by atoms with E-state index in [4.69, 9.17) is 9.73 Å². The summed E-state index contributed by atoms with van der Waals surface area (Å²) in [6.45, 7) is 8.01. The second-order valence-corrected chi connectivity index (χ2v) is 6.84. The molecule has 1 saturated carbocycles. The Kier molecular flexibility index (Phi) is 10.3. The van der Waals surface area contributed by atoms with Gasteiger partial charge in [-0.25, -0.2) is 0 Å². The molecule has 0 aromatic heterocycles. The van der Waals surface area contributed by atoms with Gasteiger partial charge in [0.1, 0.15) is 0 Å². The average Bonchev–Trinajstić information content (AvgIpc) is 2.51. The van der Waals surface area contributed by atoms with Crippen molar-refractivity contribution in [2.24, 2.45) is 16.3 Å². The van der Waals surface area contributed by atoms with Gasteiger partial charge in [0.15, 0.2) is 5.96 Å². The molecule has 5 heteroatoms. The van der Waals surface area contributed by atoms with E-state index in [1.807, 2.05) is 0 Å². The van der Waals surface area contributed by atoms with Gasteiger partial charge in [-0.05, 0) is 50.4 Å². The van der Waals surface area contributed by atoms with Crippen LogP contribution in [-0.2, 0) is 4.74 Å². The van der Waals surface area contributed by atoms with Crippen LogP contribution in [0.4, 0.5) is 0 Å². The van der Waals surface area contributed by atoms with Crippen LogP contribution in [0.5, 0.6) is 0 Å². The van der Waals surface area contributed by atoms with Gasteiger partial charge in [-0.15, -0.1) is 0 Å². The summed E-state index contributed by atoms with van der Waals surface area (Å²) < 4.78 is 5.26. The highest BCUT2D eigenvalue weighted by Crippen LogP contribution is 2.44.